The summed E-state index contributed by atoms with van der Waals surface area (Å²) in [6.45, 7) is 5.29. The zero-order valence-electron chi connectivity index (χ0n) is 9.65. The largest absolute Gasteiger partial charge is 0.481 e. The second-order valence-electron chi connectivity index (χ2n) is 4.19. The van der Waals surface area contributed by atoms with Crippen LogP contribution in [0.2, 0.25) is 0 Å². The maximum Gasteiger partial charge on any atom is 0.310 e. The van der Waals surface area contributed by atoms with Crippen molar-refractivity contribution in [1.29, 1.82) is 0 Å². The number of nitrogens with zero attached hydrogens (tertiary/aromatic N) is 1. The van der Waals surface area contributed by atoms with Crippen molar-refractivity contribution >= 4 is 17.6 Å². The number of hydrogen-bond donors (Lipinski definition) is 2. The average molecular weight is 224 g/mol. The highest BCUT2D eigenvalue weighted by Crippen LogP contribution is 2.16. The molecule has 0 saturated carbocycles. The molecule has 0 aliphatic carbocycles. The molecule has 0 aromatic rings. The molecule has 16 heavy (non-hydrogen) atoms. The first-order valence-corrected chi connectivity index (χ1v) is 5.19. The number of carbonyl (C=O) groups is 2. The standard InChI is InChI=1S/C11H16N2O3/c1-6(2)10(14)13-9-5-8(11(15)16)4-7(3)12-9/h5-6,8H,4H2,1-3H3,(H,13,14)(H,15,16). The van der Waals surface area contributed by atoms with Gasteiger partial charge in [-0.2, -0.15) is 0 Å². The van der Waals surface area contributed by atoms with Crippen LogP contribution in [-0.2, 0) is 9.59 Å². The van der Waals surface area contributed by atoms with E-state index in [2.05, 4.69) is 10.3 Å². The second-order valence-corrected chi connectivity index (χ2v) is 4.19. The van der Waals surface area contributed by atoms with E-state index in [1.54, 1.807) is 20.8 Å². The van der Waals surface area contributed by atoms with E-state index in [1.807, 2.05) is 0 Å². The van der Waals surface area contributed by atoms with Crippen LogP contribution in [0.25, 0.3) is 0 Å². The van der Waals surface area contributed by atoms with E-state index < -0.39 is 11.9 Å². The van der Waals surface area contributed by atoms with Crippen LogP contribution in [0.5, 0.6) is 0 Å². The van der Waals surface area contributed by atoms with Gasteiger partial charge >= 0.3 is 5.97 Å². The van der Waals surface area contributed by atoms with Gasteiger partial charge < -0.3 is 10.4 Å². The Morgan fingerprint density at radius 3 is 2.69 bits per heavy atom. The third-order valence-electron chi connectivity index (χ3n) is 2.28. The van der Waals surface area contributed by atoms with E-state index in [4.69, 9.17) is 5.11 Å². The number of amides is 1. The van der Waals surface area contributed by atoms with Crippen LogP contribution < -0.4 is 5.32 Å². The molecule has 1 amide bonds. The number of carbonyl (C=O) groups excluding carboxylic acids is 1. The molecular weight excluding hydrogens is 208 g/mol. The van der Waals surface area contributed by atoms with Crippen LogP contribution in [0, 0.1) is 11.8 Å². The monoisotopic (exact) mass is 224 g/mol. The molecule has 1 heterocycles. The normalized spacial score (nSPS) is 20.1. The van der Waals surface area contributed by atoms with Gasteiger partial charge in [0.1, 0.15) is 5.82 Å². The third-order valence-corrected chi connectivity index (χ3v) is 2.28. The van der Waals surface area contributed by atoms with Crippen molar-refractivity contribution in [1.82, 2.24) is 5.32 Å². The molecule has 88 valence electrons. The molecule has 0 aromatic carbocycles. The Balaban J connectivity index is 2.78. The van der Waals surface area contributed by atoms with Gasteiger partial charge in [0.2, 0.25) is 5.91 Å². The SMILES string of the molecule is CC1=NC(NC(=O)C(C)C)=CC(C(=O)O)C1. The predicted octanol–water partition coefficient (Wildman–Crippen LogP) is 1.17. The van der Waals surface area contributed by atoms with Gasteiger partial charge in [-0.1, -0.05) is 13.8 Å². The van der Waals surface area contributed by atoms with Gasteiger partial charge in [-0.25, -0.2) is 4.99 Å². The Labute approximate surface area is 94.3 Å². The molecule has 2 N–H and O–H groups in total. The van der Waals surface area contributed by atoms with Crippen molar-refractivity contribution in [3.05, 3.63) is 11.9 Å². The number of nitrogens with one attached hydrogen (secondary N) is 1. The lowest BCUT2D eigenvalue weighted by Crippen LogP contribution is -2.30. The first kappa shape index (κ1) is 12.4. The molecule has 0 aromatic heterocycles. The summed E-state index contributed by atoms with van der Waals surface area (Å²) in [5.41, 5.74) is 0.717. The fourth-order valence-electron chi connectivity index (χ4n) is 1.36. The molecule has 0 radical (unpaired) electrons. The second kappa shape index (κ2) is 4.92. The van der Waals surface area contributed by atoms with E-state index in [0.717, 1.165) is 0 Å². The highest BCUT2D eigenvalue weighted by atomic mass is 16.4. The summed E-state index contributed by atoms with van der Waals surface area (Å²) >= 11 is 0. The number of carboxylic acids is 1. The van der Waals surface area contributed by atoms with Crippen molar-refractivity contribution in [2.45, 2.75) is 27.2 Å². The van der Waals surface area contributed by atoms with Crippen molar-refractivity contribution in [2.75, 3.05) is 0 Å². The number of aliphatic carboxylic acids is 1. The molecule has 1 atom stereocenters. The van der Waals surface area contributed by atoms with Gasteiger partial charge in [-0.05, 0) is 13.0 Å². The summed E-state index contributed by atoms with van der Waals surface area (Å²) in [5, 5.41) is 11.5. The summed E-state index contributed by atoms with van der Waals surface area (Å²) in [6.07, 6.45) is 1.88. The van der Waals surface area contributed by atoms with Gasteiger partial charge in [0.25, 0.3) is 0 Å². The number of carboxylic acid groups (broad SMARTS) is 1. The Morgan fingerprint density at radius 2 is 2.19 bits per heavy atom. The summed E-state index contributed by atoms with van der Waals surface area (Å²) < 4.78 is 0. The van der Waals surface area contributed by atoms with Crippen LogP contribution in [0.3, 0.4) is 0 Å². The summed E-state index contributed by atoms with van der Waals surface area (Å²) in [4.78, 5) is 26.4. The molecule has 5 heteroatoms. The van der Waals surface area contributed by atoms with Gasteiger partial charge in [-0.3, -0.25) is 9.59 Å². The van der Waals surface area contributed by atoms with E-state index in [0.29, 0.717) is 18.0 Å². The van der Waals surface area contributed by atoms with Crippen molar-refractivity contribution in [3.8, 4) is 0 Å². The van der Waals surface area contributed by atoms with Crippen LogP contribution in [0.1, 0.15) is 27.2 Å². The van der Waals surface area contributed by atoms with Crippen molar-refractivity contribution in [3.63, 3.8) is 0 Å². The summed E-state index contributed by atoms with van der Waals surface area (Å²) in [7, 11) is 0. The van der Waals surface area contributed by atoms with E-state index >= 15 is 0 Å². The number of rotatable bonds is 3. The zero-order valence-corrected chi connectivity index (χ0v) is 9.65. The lowest BCUT2D eigenvalue weighted by molar-refractivity contribution is -0.140. The molecule has 0 fully saturated rings. The fraction of sp³-hybridized carbons (Fsp3) is 0.545. The minimum atomic E-state index is -0.898. The molecule has 0 bridgehead atoms. The minimum Gasteiger partial charge on any atom is -0.481 e. The Hall–Kier alpha value is -1.65. The quantitative estimate of drug-likeness (QED) is 0.755. The van der Waals surface area contributed by atoms with Gasteiger partial charge in [-0.15, -0.1) is 0 Å². The lowest BCUT2D eigenvalue weighted by atomic mass is 10.00. The molecule has 1 aliphatic heterocycles. The molecule has 5 nitrogen and oxygen atoms in total. The zero-order chi connectivity index (χ0) is 12.3. The molecule has 1 rings (SSSR count). The van der Waals surface area contributed by atoms with E-state index in [-0.39, 0.29) is 11.8 Å². The molecule has 1 aliphatic rings. The third kappa shape index (κ3) is 3.18. The maximum absolute atomic E-state index is 11.4. The first-order valence-electron chi connectivity index (χ1n) is 5.19. The van der Waals surface area contributed by atoms with Gasteiger partial charge in [0.05, 0.1) is 5.92 Å². The fourth-order valence-corrected chi connectivity index (χ4v) is 1.36. The van der Waals surface area contributed by atoms with Crippen molar-refractivity contribution < 1.29 is 14.7 Å². The lowest BCUT2D eigenvalue weighted by Gasteiger charge is -2.17. The van der Waals surface area contributed by atoms with Crippen LogP contribution in [-0.4, -0.2) is 22.7 Å². The topological polar surface area (TPSA) is 78.8 Å². The van der Waals surface area contributed by atoms with Crippen molar-refractivity contribution in [2.24, 2.45) is 16.8 Å². The summed E-state index contributed by atoms with van der Waals surface area (Å²) in [5.74, 6) is -1.46. The van der Waals surface area contributed by atoms with Crippen LogP contribution >= 0.6 is 0 Å². The molecule has 1 unspecified atom stereocenters. The molecular formula is C11H16N2O3. The van der Waals surface area contributed by atoms with Crippen LogP contribution in [0.4, 0.5) is 0 Å². The summed E-state index contributed by atoms with van der Waals surface area (Å²) in [6, 6.07) is 0. The maximum atomic E-state index is 11.4. The highest BCUT2D eigenvalue weighted by Gasteiger charge is 2.21. The van der Waals surface area contributed by atoms with E-state index in [1.165, 1.54) is 6.08 Å². The molecule has 0 spiro atoms. The Bertz CT molecular complexity index is 369. The number of hydrogen-bond acceptors (Lipinski definition) is 3. The van der Waals surface area contributed by atoms with Gasteiger partial charge in [0, 0.05) is 18.1 Å². The highest BCUT2D eigenvalue weighted by molar-refractivity contribution is 5.90. The predicted molar refractivity (Wildman–Crippen MR) is 59.9 cm³/mol. The van der Waals surface area contributed by atoms with Crippen LogP contribution in [0.15, 0.2) is 16.9 Å². The smallest absolute Gasteiger partial charge is 0.310 e. The Morgan fingerprint density at radius 1 is 1.56 bits per heavy atom. The molecule has 0 saturated heterocycles. The minimum absolute atomic E-state index is 0.151. The Kier molecular flexibility index (Phi) is 3.82. The average Bonchev–Trinajstić information content (AvgIpc) is 2.16. The first-order chi connectivity index (χ1) is 7.40. The number of aliphatic imine (C=N–C) groups is 1. The van der Waals surface area contributed by atoms with Gasteiger partial charge in [0.15, 0.2) is 0 Å². The van der Waals surface area contributed by atoms with E-state index in [9.17, 15) is 9.59 Å².